The first kappa shape index (κ1) is 11.4. The molecular formula is C10H6F4OS. The lowest BCUT2D eigenvalue weighted by Gasteiger charge is -2.09. The zero-order valence-corrected chi connectivity index (χ0v) is 8.88. The normalized spacial score (nSPS) is 22.3. The van der Waals surface area contributed by atoms with Crippen LogP contribution in [0.15, 0.2) is 17.0 Å². The predicted molar refractivity (Wildman–Crippen MR) is 51.3 cm³/mol. The van der Waals surface area contributed by atoms with Gasteiger partial charge in [0.05, 0.1) is 0 Å². The van der Waals surface area contributed by atoms with Crippen LogP contribution in [0.25, 0.3) is 0 Å². The first-order valence-corrected chi connectivity index (χ1v) is 5.56. The van der Waals surface area contributed by atoms with Crippen molar-refractivity contribution in [3.05, 3.63) is 29.1 Å². The Bertz CT molecular complexity index is 472. The monoisotopic (exact) mass is 250 g/mol. The maximum atomic E-state index is 13.3. The van der Waals surface area contributed by atoms with E-state index < -0.39 is 34.8 Å². The second kappa shape index (κ2) is 3.48. The number of alkyl halides is 3. The lowest BCUT2D eigenvalue weighted by molar-refractivity contribution is -0.0372. The molecule has 0 aliphatic heterocycles. The molecule has 16 heavy (non-hydrogen) atoms. The molecule has 86 valence electrons. The lowest BCUT2D eigenvalue weighted by Crippen LogP contribution is -2.26. The molecule has 0 heterocycles. The van der Waals surface area contributed by atoms with E-state index in [1.165, 1.54) is 6.07 Å². The Morgan fingerprint density at radius 1 is 1.38 bits per heavy atom. The molecule has 1 aliphatic carbocycles. The molecule has 0 fully saturated rings. The molecule has 0 radical (unpaired) electrons. The minimum absolute atomic E-state index is 0.168. The molecule has 0 N–H and O–H groups in total. The van der Waals surface area contributed by atoms with Crippen molar-refractivity contribution in [2.24, 2.45) is 0 Å². The first-order chi connectivity index (χ1) is 7.41. The quantitative estimate of drug-likeness (QED) is 0.561. The summed E-state index contributed by atoms with van der Waals surface area (Å²) in [7, 11) is 0. The van der Waals surface area contributed by atoms with Crippen molar-refractivity contribution in [3.8, 4) is 0 Å². The molecule has 1 nitrogen and oxygen atoms in total. The molecule has 0 aromatic heterocycles. The Morgan fingerprint density at radius 2 is 2.00 bits per heavy atom. The number of hydrogen-bond donors (Lipinski definition) is 0. The molecule has 0 saturated carbocycles. The van der Waals surface area contributed by atoms with E-state index in [9.17, 15) is 22.4 Å². The fraction of sp³-hybridized carbons (Fsp3) is 0.300. The van der Waals surface area contributed by atoms with Gasteiger partial charge in [-0.15, -0.1) is 11.8 Å². The van der Waals surface area contributed by atoms with Crippen LogP contribution in [0, 0.1) is 5.82 Å². The molecule has 1 aromatic carbocycles. The number of halogens is 4. The van der Waals surface area contributed by atoms with Crippen molar-refractivity contribution in [1.82, 2.24) is 0 Å². The summed E-state index contributed by atoms with van der Waals surface area (Å²) in [5.41, 5.74) is -1.34. The lowest BCUT2D eigenvalue weighted by atomic mass is 10.1. The zero-order chi connectivity index (χ0) is 12.1. The molecule has 0 bridgehead atoms. The van der Waals surface area contributed by atoms with Crippen LogP contribution in [-0.2, 0) is 0 Å². The van der Waals surface area contributed by atoms with Crippen LogP contribution < -0.4 is 0 Å². The number of ketones is 1. The number of thioether (sulfide) groups is 1. The molecule has 1 unspecified atom stereocenters. The number of fused-ring (bicyclic) bond motifs is 1. The molecule has 1 aromatic rings. The van der Waals surface area contributed by atoms with Gasteiger partial charge >= 0.3 is 5.92 Å². The third-order valence-corrected chi connectivity index (χ3v) is 3.26. The van der Waals surface area contributed by atoms with Crippen LogP contribution in [0.1, 0.15) is 22.1 Å². The summed E-state index contributed by atoms with van der Waals surface area (Å²) in [5, 5.41) is 0. The summed E-state index contributed by atoms with van der Waals surface area (Å²) in [5.74, 6) is -6.90. The second-order valence-corrected chi connectivity index (χ2v) is 4.20. The van der Waals surface area contributed by atoms with Crippen molar-refractivity contribution >= 4 is 17.5 Å². The zero-order valence-electron chi connectivity index (χ0n) is 8.06. The van der Waals surface area contributed by atoms with Crippen molar-refractivity contribution < 1.29 is 22.4 Å². The average Bonchev–Trinajstić information content (AvgIpc) is 2.42. The molecule has 0 spiro atoms. The molecule has 6 heteroatoms. The number of hydrogen-bond acceptors (Lipinski definition) is 2. The van der Waals surface area contributed by atoms with E-state index in [4.69, 9.17) is 0 Å². The average molecular weight is 250 g/mol. The molecule has 1 aliphatic rings. The fourth-order valence-electron chi connectivity index (χ4n) is 1.69. The van der Waals surface area contributed by atoms with Crippen molar-refractivity contribution in [3.63, 3.8) is 0 Å². The van der Waals surface area contributed by atoms with Crippen molar-refractivity contribution in [2.75, 3.05) is 6.26 Å². The molecular weight excluding hydrogens is 244 g/mol. The van der Waals surface area contributed by atoms with Crippen LogP contribution >= 0.6 is 11.8 Å². The van der Waals surface area contributed by atoms with Gasteiger partial charge in [0.25, 0.3) is 0 Å². The Morgan fingerprint density at radius 3 is 2.56 bits per heavy atom. The smallest absolute Gasteiger partial charge is 0.287 e. The number of carbonyl (C=O) groups excluding carboxylic acids is 1. The largest absolute Gasteiger partial charge is 0.344 e. The Balaban J connectivity index is 2.75. The van der Waals surface area contributed by atoms with Gasteiger partial charge in [-0.3, -0.25) is 4.79 Å². The van der Waals surface area contributed by atoms with E-state index in [1.807, 2.05) is 0 Å². The SMILES string of the molecule is CSc1ccc(F)c2c1C(=O)C(F)(F)C2F. The van der Waals surface area contributed by atoms with Gasteiger partial charge in [0, 0.05) is 16.0 Å². The van der Waals surface area contributed by atoms with Crippen LogP contribution in [0.4, 0.5) is 17.6 Å². The third-order valence-electron chi connectivity index (χ3n) is 2.48. The summed E-state index contributed by atoms with van der Waals surface area (Å²) in [6.45, 7) is 0. The van der Waals surface area contributed by atoms with Crippen LogP contribution in [0.5, 0.6) is 0 Å². The summed E-state index contributed by atoms with van der Waals surface area (Å²) in [6, 6.07) is 2.09. The van der Waals surface area contributed by atoms with E-state index >= 15 is 0 Å². The van der Waals surface area contributed by atoms with Gasteiger partial charge in [0.2, 0.25) is 5.78 Å². The Hall–Kier alpha value is -1.04. The van der Waals surface area contributed by atoms with E-state index in [1.54, 1.807) is 6.26 Å². The Kier molecular flexibility index (Phi) is 2.49. The number of carbonyl (C=O) groups is 1. The maximum absolute atomic E-state index is 13.3. The van der Waals surface area contributed by atoms with Crippen LogP contribution in [0.2, 0.25) is 0 Å². The minimum Gasteiger partial charge on any atom is -0.287 e. The second-order valence-electron chi connectivity index (χ2n) is 3.35. The van der Waals surface area contributed by atoms with Crippen LogP contribution in [-0.4, -0.2) is 18.0 Å². The van der Waals surface area contributed by atoms with E-state index in [0.717, 1.165) is 17.8 Å². The summed E-state index contributed by atoms with van der Waals surface area (Å²) in [4.78, 5) is 11.5. The van der Waals surface area contributed by atoms with Gasteiger partial charge in [-0.05, 0) is 18.4 Å². The van der Waals surface area contributed by atoms with Crippen molar-refractivity contribution in [2.45, 2.75) is 17.0 Å². The van der Waals surface area contributed by atoms with Crippen molar-refractivity contribution in [1.29, 1.82) is 0 Å². The third kappa shape index (κ3) is 1.29. The summed E-state index contributed by atoms with van der Waals surface area (Å²) >= 11 is 1.00. The molecule has 2 rings (SSSR count). The minimum atomic E-state index is -4.16. The predicted octanol–water partition coefficient (Wildman–Crippen LogP) is 3.39. The highest BCUT2D eigenvalue weighted by molar-refractivity contribution is 7.98. The maximum Gasteiger partial charge on any atom is 0.344 e. The van der Waals surface area contributed by atoms with Gasteiger partial charge in [0.15, 0.2) is 6.17 Å². The van der Waals surface area contributed by atoms with E-state index in [2.05, 4.69) is 0 Å². The van der Waals surface area contributed by atoms with Gasteiger partial charge < -0.3 is 0 Å². The number of rotatable bonds is 1. The van der Waals surface area contributed by atoms with Gasteiger partial charge in [-0.25, -0.2) is 8.78 Å². The molecule has 1 atom stereocenters. The van der Waals surface area contributed by atoms with Gasteiger partial charge in [-0.1, -0.05) is 0 Å². The van der Waals surface area contributed by atoms with Gasteiger partial charge in [0.1, 0.15) is 5.82 Å². The first-order valence-electron chi connectivity index (χ1n) is 4.34. The highest BCUT2D eigenvalue weighted by atomic mass is 32.2. The Labute approximate surface area is 92.8 Å². The summed E-state index contributed by atoms with van der Waals surface area (Å²) in [6.07, 6.45) is -1.34. The van der Waals surface area contributed by atoms with Gasteiger partial charge in [-0.2, -0.15) is 8.78 Å². The highest BCUT2D eigenvalue weighted by Crippen LogP contribution is 2.48. The van der Waals surface area contributed by atoms with E-state index in [0.29, 0.717) is 0 Å². The number of Topliss-reactive ketones (excluding diaryl/α,β-unsaturated/α-hetero) is 1. The molecule has 0 amide bonds. The topological polar surface area (TPSA) is 17.1 Å². The van der Waals surface area contributed by atoms with E-state index in [-0.39, 0.29) is 4.90 Å². The standard InChI is InChI=1S/C10H6F4OS/c1-16-5-3-2-4(11)6-7(5)9(15)10(13,14)8(6)12/h2-3,8H,1H3. The number of benzene rings is 1. The molecule has 0 saturated heterocycles. The fourth-order valence-corrected chi connectivity index (χ4v) is 2.30. The summed E-state index contributed by atoms with van der Waals surface area (Å²) < 4.78 is 52.8. The van der Waals surface area contributed by atoms with Crippen LogP contribution in [0.3, 0.4) is 0 Å². The highest BCUT2D eigenvalue weighted by Gasteiger charge is 2.58.